The topological polar surface area (TPSA) is 68.0 Å². The van der Waals surface area contributed by atoms with E-state index in [0.717, 1.165) is 0 Å². The van der Waals surface area contributed by atoms with Crippen LogP contribution in [0.25, 0.3) is 0 Å². The number of nitrogen functional groups attached to an aromatic ring is 1. The number of pyridine rings is 1. The molecule has 1 aromatic heterocycles. The van der Waals surface area contributed by atoms with Gasteiger partial charge < -0.3 is 11.1 Å². The van der Waals surface area contributed by atoms with Crippen LogP contribution in [0.5, 0.6) is 0 Å². The van der Waals surface area contributed by atoms with Crippen molar-refractivity contribution in [2.24, 2.45) is 0 Å². The zero-order valence-corrected chi connectivity index (χ0v) is 13.6. The van der Waals surface area contributed by atoms with Gasteiger partial charge in [-0.1, -0.05) is 34.8 Å². The summed E-state index contributed by atoms with van der Waals surface area (Å²) >= 11 is 20.9. The third-order valence-corrected chi connectivity index (χ3v) is 3.76. The van der Waals surface area contributed by atoms with E-state index in [1.54, 1.807) is 6.07 Å². The second kappa shape index (κ2) is 6.18. The Bertz CT molecular complexity index is 671. The van der Waals surface area contributed by atoms with Gasteiger partial charge >= 0.3 is 0 Å². The van der Waals surface area contributed by atoms with Crippen molar-refractivity contribution in [3.05, 3.63) is 49.6 Å². The van der Waals surface area contributed by atoms with Crippen LogP contribution in [-0.4, -0.2) is 10.9 Å². The van der Waals surface area contributed by atoms with E-state index >= 15 is 0 Å². The molecule has 104 valence electrons. The average Bonchev–Trinajstić information content (AvgIpc) is 2.39. The van der Waals surface area contributed by atoms with E-state index in [9.17, 15) is 4.79 Å². The smallest absolute Gasteiger partial charge is 0.255 e. The molecule has 0 saturated heterocycles. The molecule has 1 amide bonds. The minimum atomic E-state index is -0.421. The van der Waals surface area contributed by atoms with Crippen molar-refractivity contribution < 1.29 is 4.79 Å². The van der Waals surface area contributed by atoms with E-state index in [2.05, 4.69) is 26.2 Å². The van der Waals surface area contributed by atoms with Crippen molar-refractivity contribution in [1.29, 1.82) is 0 Å². The van der Waals surface area contributed by atoms with E-state index in [-0.39, 0.29) is 26.4 Å². The molecule has 8 heteroatoms. The molecule has 1 heterocycles. The van der Waals surface area contributed by atoms with E-state index in [1.807, 2.05) is 0 Å². The Kier molecular flexibility index (Phi) is 4.75. The second-order valence-electron chi connectivity index (χ2n) is 3.80. The van der Waals surface area contributed by atoms with E-state index < -0.39 is 5.91 Å². The summed E-state index contributed by atoms with van der Waals surface area (Å²) < 4.78 is 0.686. The maximum absolute atomic E-state index is 12.1. The Morgan fingerprint density at radius 1 is 1.20 bits per heavy atom. The Morgan fingerprint density at radius 2 is 1.80 bits per heavy atom. The number of hydrogen-bond donors (Lipinski definition) is 2. The van der Waals surface area contributed by atoms with E-state index in [0.29, 0.717) is 10.2 Å². The zero-order chi connectivity index (χ0) is 14.9. The first kappa shape index (κ1) is 15.4. The first-order chi connectivity index (χ1) is 9.38. The molecule has 0 aliphatic carbocycles. The van der Waals surface area contributed by atoms with Crippen LogP contribution in [0.1, 0.15) is 10.4 Å². The average molecular weight is 395 g/mol. The molecule has 0 spiro atoms. The first-order valence-electron chi connectivity index (χ1n) is 5.25. The predicted molar refractivity (Wildman–Crippen MR) is 85.8 cm³/mol. The van der Waals surface area contributed by atoms with Crippen LogP contribution >= 0.6 is 50.7 Å². The van der Waals surface area contributed by atoms with Crippen LogP contribution in [0.2, 0.25) is 15.2 Å². The number of hydrogen-bond acceptors (Lipinski definition) is 3. The number of carbonyl (C=O) groups is 1. The van der Waals surface area contributed by atoms with Gasteiger partial charge in [0.15, 0.2) is 5.15 Å². The molecule has 0 aliphatic heterocycles. The van der Waals surface area contributed by atoms with Crippen LogP contribution in [0.15, 0.2) is 28.9 Å². The zero-order valence-electron chi connectivity index (χ0n) is 9.75. The van der Waals surface area contributed by atoms with Crippen molar-refractivity contribution >= 4 is 68.0 Å². The molecule has 4 nitrogen and oxygen atoms in total. The summed E-state index contributed by atoms with van der Waals surface area (Å²) in [4.78, 5) is 16.0. The van der Waals surface area contributed by atoms with E-state index in [4.69, 9.17) is 40.5 Å². The molecule has 0 bridgehead atoms. The largest absolute Gasteiger partial charge is 0.396 e. The SMILES string of the molecule is Nc1c(Cl)cc(C(=O)Nc2cc(Br)cnc2Cl)cc1Cl. The van der Waals surface area contributed by atoms with Gasteiger partial charge in [-0.25, -0.2) is 4.98 Å². The summed E-state index contributed by atoms with van der Waals surface area (Å²) in [5.41, 5.74) is 6.48. The first-order valence-corrected chi connectivity index (χ1v) is 7.18. The number of aromatic nitrogens is 1. The molecule has 2 aromatic rings. The van der Waals surface area contributed by atoms with E-state index in [1.165, 1.54) is 18.3 Å². The number of anilines is 2. The lowest BCUT2D eigenvalue weighted by Gasteiger charge is -2.09. The van der Waals surface area contributed by atoms with Gasteiger partial charge in [0.2, 0.25) is 0 Å². The van der Waals surface area contributed by atoms with Crippen LogP contribution in [0.4, 0.5) is 11.4 Å². The molecule has 20 heavy (non-hydrogen) atoms. The standard InChI is InChI=1S/C12H7BrCl3N3O/c13-6-3-9(11(16)18-4-6)19-12(20)5-1-7(14)10(17)8(15)2-5/h1-4H,17H2,(H,19,20). The number of halogens is 4. The Labute approximate surface area is 138 Å². The summed E-state index contributed by atoms with van der Waals surface area (Å²) in [6, 6.07) is 4.49. The Balaban J connectivity index is 2.31. The van der Waals surface area contributed by atoms with Gasteiger partial charge in [0.1, 0.15) is 0 Å². The third-order valence-electron chi connectivity index (χ3n) is 2.40. The summed E-state index contributed by atoms with van der Waals surface area (Å²) in [6.45, 7) is 0. The van der Waals surface area contributed by atoms with Crippen molar-refractivity contribution in [3.8, 4) is 0 Å². The highest BCUT2D eigenvalue weighted by Gasteiger charge is 2.13. The Morgan fingerprint density at radius 3 is 2.40 bits per heavy atom. The lowest BCUT2D eigenvalue weighted by Crippen LogP contribution is -2.13. The number of amides is 1. The highest BCUT2D eigenvalue weighted by molar-refractivity contribution is 9.10. The summed E-state index contributed by atoms with van der Waals surface area (Å²) in [6.07, 6.45) is 1.52. The van der Waals surface area contributed by atoms with Crippen LogP contribution in [0, 0.1) is 0 Å². The molecular weight excluding hydrogens is 388 g/mol. The molecular formula is C12H7BrCl3N3O. The minimum Gasteiger partial charge on any atom is -0.396 e. The minimum absolute atomic E-state index is 0.175. The predicted octanol–water partition coefficient (Wildman–Crippen LogP) is 4.64. The van der Waals surface area contributed by atoms with Crippen LogP contribution in [-0.2, 0) is 0 Å². The molecule has 0 aliphatic rings. The van der Waals surface area contributed by atoms with Gasteiger partial charge in [0.05, 0.1) is 21.4 Å². The van der Waals surface area contributed by atoms with Crippen LogP contribution < -0.4 is 11.1 Å². The fraction of sp³-hybridized carbons (Fsp3) is 0. The van der Waals surface area contributed by atoms with Gasteiger partial charge in [-0.05, 0) is 34.1 Å². The Hall–Kier alpha value is -1.01. The van der Waals surface area contributed by atoms with Gasteiger partial charge in [-0.15, -0.1) is 0 Å². The summed E-state index contributed by atoms with van der Waals surface area (Å²) in [5, 5.41) is 3.21. The molecule has 0 radical (unpaired) electrons. The monoisotopic (exact) mass is 393 g/mol. The van der Waals surface area contributed by atoms with Crippen molar-refractivity contribution in [2.45, 2.75) is 0 Å². The van der Waals surface area contributed by atoms with Gasteiger partial charge in [-0.3, -0.25) is 4.79 Å². The number of rotatable bonds is 2. The van der Waals surface area contributed by atoms with Gasteiger partial charge in [-0.2, -0.15) is 0 Å². The molecule has 1 aromatic carbocycles. The summed E-state index contributed by atoms with van der Waals surface area (Å²) in [7, 11) is 0. The summed E-state index contributed by atoms with van der Waals surface area (Å²) in [5.74, 6) is -0.421. The second-order valence-corrected chi connectivity index (χ2v) is 5.89. The highest BCUT2D eigenvalue weighted by Crippen LogP contribution is 2.30. The number of benzene rings is 1. The normalized spacial score (nSPS) is 10.4. The highest BCUT2D eigenvalue weighted by atomic mass is 79.9. The number of nitrogens with zero attached hydrogens (tertiary/aromatic N) is 1. The maximum atomic E-state index is 12.1. The number of nitrogens with two attached hydrogens (primary N) is 1. The molecule has 0 fully saturated rings. The van der Waals surface area contributed by atoms with Crippen LogP contribution in [0.3, 0.4) is 0 Å². The molecule has 0 unspecified atom stereocenters. The third kappa shape index (κ3) is 3.35. The van der Waals surface area contributed by atoms with Crippen molar-refractivity contribution in [1.82, 2.24) is 4.98 Å². The quantitative estimate of drug-likeness (QED) is 0.575. The lowest BCUT2D eigenvalue weighted by atomic mass is 10.2. The number of carbonyl (C=O) groups excluding carboxylic acids is 1. The molecule has 2 rings (SSSR count). The van der Waals surface area contributed by atoms with Gasteiger partial charge in [0, 0.05) is 16.2 Å². The maximum Gasteiger partial charge on any atom is 0.255 e. The molecule has 0 saturated carbocycles. The van der Waals surface area contributed by atoms with Crippen molar-refractivity contribution in [2.75, 3.05) is 11.1 Å². The molecule has 3 N–H and O–H groups in total. The van der Waals surface area contributed by atoms with Crippen molar-refractivity contribution in [3.63, 3.8) is 0 Å². The lowest BCUT2D eigenvalue weighted by molar-refractivity contribution is 0.102. The number of nitrogens with one attached hydrogen (secondary N) is 1. The molecule has 0 atom stereocenters. The fourth-order valence-electron chi connectivity index (χ4n) is 1.42. The fourth-order valence-corrected chi connectivity index (χ4v) is 2.39. The van der Waals surface area contributed by atoms with Gasteiger partial charge in [0.25, 0.3) is 5.91 Å².